The molecule has 0 saturated heterocycles. The zero-order valence-corrected chi connectivity index (χ0v) is 16.5. The van der Waals surface area contributed by atoms with Gasteiger partial charge in [-0.05, 0) is 60.7 Å². The van der Waals surface area contributed by atoms with Crippen LogP contribution in [0, 0.1) is 6.92 Å². The van der Waals surface area contributed by atoms with Gasteiger partial charge in [0, 0.05) is 16.3 Å². The standard InChI is InChI=1S/C22H16F3N5O/c1-12-3-6-18-15(9-12)16-11-14(31-2)5-8-19(16)30(18)20-7-4-13(21-26-28-29-27-21)10-17(20)22(23,24)25/h3-11H,1-2H3,(H,26,27,28,29). The molecule has 2 heterocycles. The number of hydrogen-bond acceptors (Lipinski definition) is 4. The van der Waals surface area contributed by atoms with Crippen LogP contribution in [-0.2, 0) is 6.18 Å². The van der Waals surface area contributed by atoms with E-state index >= 15 is 0 Å². The topological polar surface area (TPSA) is 68.6 Å². The fourth-order valence-corrected chi connectivity index (χ4v) is 3.88. The molecule has 9 heteroatoms. The van der Waals surface area contributed by atoms with Crippen LogP contribution in [0.5, 0.6) is 5.75 Å². The van der Waals surface area contributed by atoms with E-state index in [4.69, 9.17) is 4.74 Å². The van der Waals surface area contributed by atoms with Crippen LogP contribution in [0.4, 0.5) is 13.2 Å². The van der Waals surface area contributed by atoms with Gasteiger partial charge in [0.15, 0.2) is 0 Å². The summed E-state index contributed by atoms with van der Waals surface area (Å²) in [5, 5.41) is 15.0. The van der Waals surface area contributed by atoms with Gasteiger partial charge in [-0.25, -0.2) is 0 Å². The van der Waals surface area contributed by atoms with Crippen LogP contribution in [0.25, 0.3) is 38.9 Å². The minimum absolute atomic E-state index is 0.0220. The quantitative estimate of drug-likeness (QED) is 0.428. The fraction of sp³-hybridized carbons (Fsp3) is 0.136. The lowest BCUT2D eigenvalue weighted by molar-refractivity contribution is -0.137. The van der Waals surface area contributed by atoms with Gasteiger partial charge in [0.1, 0.15) is 5.75 Å². The van der Waals surface area contributed by atoms with E-state index in [0.29, 0.717) is 16.8 Å². The molecule has 0 atom stereocenters. The lowest BCUT2D eigenvalue weighted by atomic mass is 10.1. The van der Waals surface area contributed by atoms with Gasteiger partial charge in [0.25, 0.3) is 0 Å². The average Bonchev–Trinajstić information content (AvgIpc) is 3.39. The Labute approximate surface area is 174 Å². The molecule has 0 aliphatic heterocycles. The Kier molecular flexibility index (Phi) is 4.21. The van der Waals surface area contributed by atoms with Gasteiger partial charge in [-0.15, -0.1) is 10.2 Å². The highest BCUT2D eigenvalue weighted by Crippen LogP contribution is 2.41. The van der Waals surface area contributed by atoms with Crippen molar-refractivity contribution in [2.24, 2.45) is 0 Å². The molecule has 0 aliphatic rings. The number of benzene rings is 3. The van der Waals surface area contributed by atoms with E-state index in [1.807, 2.05) is 31.2 Å². The van der Waals surface area contributed by atoms with Gasteiger partial charge < -0.3 is 9.30 Å². The first-order chi connectivity index (χ1) is 14.9. The third-order valence-corrected chi connectivity index (χ3v) is 5.27. The molecular formula is C22H16F3N5O. The molecule has 5 rings (SSSR count). The van der Waals surface area contributed by atoms with Gasteiger partial charge in [-0.2, -0.15) is 18.4 Å². The number of aromatic amines is 1. The molecule has 3 aromatic carbocycles. The highest BCUT2D eigenvalue weighted by atomic mass is 19.4. The van der Waals surface area contributed by atoms with Crippen molar-refractivity contribution in [2.45, 2.75) is 13.1 Å². The van der Waals surface area contributed by atoms with E-state index in [1.54, 1.807) is 29.9 Å². The Morgan fingerprint density at radius 1 is 0.935 bits per heavy atom. The Morgan fingerprint density at radius 3 is 2.35 bits per heavy atom. The highest BCUT2D eigenvalue weighted by Gasteiger charge is 2.35. The highest BCUT2D eigenvalue weighted by molar-refractivity contribution is 6.10. The van der Waals surface area contributed by atoms with E-state index in [-0.39, 0.29) is 17.1 Å². The number of fused-ring (bicyclic) bond motifs is 3. The number of H-pyrrole nitrogens is 1. The fourth-order valence-electron chi connectivity index (χ4n) is 3.88. The molecule has 6 nitrogen and oxygen atoms in total. The van der Waals surface area contributed by atoms with E-state index in [1.165, 1.54) is 6.07 Å². The number of nitrogens with zero attached hydrogens (tertiary/aromatic N) is 4. The van der Waals surface area contributed by atoms with Crippen LogP contribution in [-0.4, -0.2) is 32.3 Å². The van der Waals surface area contributed by atoms with E-state index < -0.39 is 11.7 Å². The maximum absolute atomic E-state index is 14.1. The van der Waals surface area contributed by atoms with Crippen molar-refractivity contribution in [1.29, 1.82) is 0 Å². The SMILES string of the molecule is COc1ccc2c(c1)c1cc(C)ccc1n2-c1ccc(-c2nn[nH]n2)cc1C(F)(F)F. The van der Waals surface area contributed by atoms with Gasteiger partial charge in [-0.3, -0.25) is 0 Å². The van der Waals surface area contributed by atoms with Crippen molar-refractivity contribution in [3.63, 3.8) is 0 Å². The summed E-state index contributed by atoms with van der Waals surface area (Å²) in [6.07, 6.45) is -4.59. The molecule has 2 aromatic heterocycles. The Balaban J connectivity index is 1.87. The van der Waals surface area contributed by atoms with Crippen molar-refractivity contribution in [3.8, 4) is 22.8 Å². The predicted molar refractivity (Wildman–Crippen MR) is 110 cm³/mol. The van der Waals surface area contributed by atoms with Gasteiger partial charge in [-0.1, -0.05) is 11.6 Å². The third kappa shape index (κ3) is 3.09. The van der Waals surface area contributed by atoms with Crippen LogP contribution in [0.15, 0.2) is 54.6 Å². The van der Waals surface area contributed by atoms with Crippen molar-refractivity contribution in [2.75, 3.05) is 7.11 Å². The minimum atomic E-state index is -4.59. The third-order valence-electron chi connectivity index (χ3n) is 5.27. The molecule has 0 fully saturated rings. The number of ether oxygens (including phenoxy) is 1. The summed E-state index contributed by atoms with van der Waals surface area (Å²) in [5.41, 5.74) is 1.80. The number of hydrogen-bond donors (Lipinski definition) is 1. The van der Waals surface area contributed by atoms with Crippen molar-refractivity contribution in [1.82, 2.24) is 25.2 Å². The van der Waals surface area contributed by atoms with Crippen LogP contribution in [0.1, 0.15) is 11.1 Å². The molecule has 156 valence electrons. The van der Waals surface area contributed by atoms with Crippen molar-refractivity contribution < 1.29 is 17.9 Å². The molecule has 1 N–H and O–H groups in total. The second kappa shape index (κ2) is 6.83. The Hall–Kier alpha value is -3.88. The zero-order chi connectivity index (χ0) is 21.8. The molecule has 0 amide bonds. The monoisotopic (exact) mass is 423 g/mol. The number of alkyl halides is 3. The first-order valence-electron chi connectivity index (χ1n) is 9.41. The summed E-state index contributed by atoms with van der Waals surface area (Å²) in [7, 11) is 1.56. The average molecular weight is 423 g/mol. The first-order valence-corrected chi connectivity index (χ1v) is 9.41. The first kappa shape index (κ1) is 19.1. The van der Waals surface area contributed by atoms with Crippen LogP contribution >= 0.6 is 0 Å². The predicted octanol–water partition coefficient (Wildman–Crippen LogP) is 5.30. The van der Waals surface area contributed by atoms with E-state index in [2.05, 4.69) is 20.6 Å². The number of aromatic nitrogens is 5. The molecule has 0 aliphatic carbocycles. The Bertz CT molecular complexity index is 1420. The number of methoxy groups -OCH3 is 1. The van der Waals surface area contributed by atoms with Gasteiger partial charge in [0.05, 0.1) is 29.4 Å². The van der Waals surface area contributed by atoms with E-state index in [9.17, 15) is 13.2 Å². The van der Waals surface area contributed by atoms with Crippen LogP contribution in [0.3, 0.4) is 0 Å². The number of rotatable bonds is 3. The number of aryl methyl sites for hydroxylation is 1. The van der Waals surface area contributed by atoms with Crippen molar-refractivity contribution >= 4 is 21.8 Å². The maximum atomic E-state index is 14.1. The Morgan fingerprint density at radius 2 is 1.68 bits per heavy atom. The summed E-state index contributed by atoms with van der Waals surface area (Å²) >= 11 is 0. The summed E-state index contributed by atoms with van der Waals surface area (Å²) in [6, 6.07) is 15.1. The normalized spacial score (nSPS) is 12.0. The summed E-state index contributed by atoms with van der Waals surface area (Å²) in [4.78, 5) is 0. The molecule has 0 spiro atoms. The molecule has 0 saturated carbocycles. The lowest BCUT2D eigenvalue weighted by Crippen LogP contribution is -2.11. The number of halogens is 3. The zero-order valence-electron chi connectivity index (χ0n) is 16.5. The largest absolute Gasteiger partial charge is 0.497 e. The number of tetrazole rings is 1. The smallest absolute Gasteiger partial charge is 0.418 e. The maximum Gasteiger partial charge on any atom is 0.418 e. The summed E-state index contributed by atoms with van der Waals surface area (Å²) in [5.74, 6) is 0.733. The second-order valence-corrected chi connectivity index (χ2v) is 7.20. The molecule has 31 heavy (non-hydrogen) atoms. The lowest BCUT2D eigenvalue weighted by Gasteiger charge is -2.17. The summed E-state index contributed by atoms with van der Waals surface area (Å²) in [6.45, 7) is 1.95. The molecular weight excluding hydrogens is 407 g/mol. The summed E-state index contributed by atoms with van der Waals surface area (Å²) < 4.78 is 49.4. The second-order valence-electron chi connectivity index (χ2n) is 7.20. The van der Waals surface area contributed by atoms with Gasteiger partial charge >= 0.3 is 6.18 Å². The molecule has 5 aromatic rings. The molecule has 0 bridgehead atoms. The number of nitrogens with one attached hydrogen (secondary N) is 1. The van der Waals surface area contributed by atoms with Crippen LogP contribution < -0.4 is 4.74 Å². The van der Waals surface area contributed by atoms with E-state index in [0.717, 1.165) is 22.4 Å². The van der Waals surface area contributed by atoms with Crippen molar-refractivity contribution in [3.05, 3.63) is 65.7 Å². The molecule has 0 unspecified atom stereocenters. The van der Waals surface area contributed by atoms with Crippen LogP contribution in [0.2, 0.25) is 0 Å². The molecule has 0 radical (unpaired) electrons. The minimum Gasteiger partial charge on any atom is -0.497 e. The van der Waals surface area contributed by atoms with Gasteiger partial charge in [0.2, 0.25) is 5.82 Å².